The lowest BCUT2D eigenvalue weighted by Gasteiger charge is -2.34. The van der Waals surface area contributed by atoms with E-state index in [0.29, 0.717) is 19.6 Å². The van der Waals surface area contributed by atoms with Gasteiger partial charge in [-0.2, -0.15) is 5.10 Å². The third-order valence-electron chi connectivity index (χ3n) is 3.41. The van der Waals surface area contributed by atoms with Crippen molar-refractivity contribution < 1.29 is 9.90 Å². The minimum atomic E-state index is -0.414. The van der Waals surface area contributed by atoms with Gasteiger partial charge >= 0.3 is 6.03 Å². The highest BCUT2D eigenvalue weighted by atomic mass is 16.3. The number of amides is 2. The molecule has 0 spiro atoms. The van der Waals surface area contributed by atoms with Crippen molar-refractivity contribution in [3.8, 4) is 0 Å². The summed E-state index contributed by atoms with van der Waals surface area (Å²) < 4.78 is 1.70. The smallest absolute Gasteiger partial charge is 0.317 e. The molecule has 0 saturated carbocycles. The number of urea groups is 1. The fourth-order valence-electron chi connectivity index (χ4n) is 2.09. The highest BCUT2D eigenvalue weighted by Gasteiger charge is 2.26. The summed E-state index contributed by atoms with van der Waals surface area (Å²) in [7, 11) is 1.84. The van der Waals surface area contributed by atoms with Gasteiger partial charge in [-0.3, -0.25) is 4.68 Å². The SMILES string of the molecule is CC1CCN(C(=O)NCc2cnn(C)c2)CC1O. The summed E-state index contributed by atoms with van der Waals surface area (Å²) in [5.41, 5.74) is 0.969. The summed E-state index contributed by atoms with van der Waals surface area (Å²) in [6.07, 6.45) is 4.03. The molecule has 0 aromatic carbocycles. The number of piperidine rings is 1. The van der Waals surface area contributed by atoms with Gasteiger partial charge in [-0.1, -0.05) is 6.92 Å². The number of carbonyl (C=O) groups is 1. The van der Waals surface area contributed by atoms with Crippen molar-refractivity contribution in [3.05, 3.63) is 18.0 Å². The van der Waals surface area contributed by atoms with Crippen LogP contribution in [0, 0.1) is 5.92 Å². The van der Waals surface area contributed by atoms with E-state index in [1.807, 2.05) is 20.2 Å². The number of carbonyl (C=O) groups excluding carboxylic acids is 1. The molecule has 2 amide bonds. The van der Waals surface area contributed by atoms with E-state index in [4.69, 9.17) is 0 Å². The molecule has 2 N–H and O–H groups in total. The average Bonchev–Trinajstić information content (AvgIpc) is 2.75. The number of likely N-dealkylation sites (tertiary alicyclic amines) is 1. The zero-order chi connectivity index (χ0) is 13.1. The van der Waals surface area contributed by atoms with Crippen LogP contribution in [0.3, 0.4) is 0 Å². The topological polar surface area (TPSA) is 70.4 Å². The first-order valence-electron chi connectivity index (χ1n) is 6.24. The first-order valence-corrected chi connectivity index (χ1v) is 6.24. The van der Waals surface area contributed by atoms with Gasteiger partial charge in [0.2, 0.25) is 0 Å². The minimum absolute atomic E-state index is 0.121. The number of aromatic nitrogens is 2. The molecule has 1 aromatic rings. The molecule has 1 aliphatic rings. The van der Waals surface area contributed by atoms with Crippen LogP contribution in [0.4, 0.5) is 4.79 Å². The van der Waals surface area contributed by atoms with E-state index < -0.39 is 6.10 Å². The maximum absolute atomic E-state index is 11.9. The molecular weight excluding hydrogens is 232 g/mol. The molecule has 2 heterocycles. The Morgan fingerprint density at radius 2 is 2.44 bits per heavy atom. The Balaban J connectivity index is 1.81. The van der Waals surface area contributed by atoms with Crippen LogP contribution in [0.5, 0.6) is 0 Å². The molecule has 2 unspecified atom stereocenters. The molecule has 2 atom stereocenters. The average molecular weight is 252 g/mol. The third-order valence-corrected chi connectivity index (χ3v) is 3.41. The van der Waals surface area contributed by atoms with Crippen molar-refractivity contribution in [2.45, 2.75) is 26.0 Å². The summed E-state index contributed by atoms with van der Waals surface area (Å²) in [6.45, 7) is 3.60. The first kappa shape index (κ1) is 12.9. The summed E-state index contributed by atoms with van der Waals surface area (Å²) in [5.74, 6) is 0.271. The summed E-state index contributed by atoms with van der Waals surface area (Å²) in [6, 6.07) is -0.121. The van der Waals surface area contributed by atoms with Crippen molar-refractivity contribution in [1.82, 2.24) is 20.0 Å². The molecule has 0 radical (unpaired) electrons. The van der Waals surface area contributed by atoms with Gasteiger partial charge in [0.1, 0.15) is 0 Å². The standard InChI is InChI=1S/C12H20N4O2/c1-9-3-4-16(8-11(9)17)12(18)13-5-10-6-14-15(2)7-10/h6-7,9,11,17H,3-5,8H2,1-2H3,(H,13,18). The zero-order valence-electron chi connectivity index (χ0n) is 10.8. The molecule has 1 fully saturated rings. The number of nitrogens with one attached hydrogen (secondary N) is 1. The second-order valence-electron chi connectivity index (χ2n) is 4.96. The monoisotopic (exact) mass is 252 g/mol. The molecule has 100 valence electrons. The van der Waals surface area contributed by atoms with Crippen LogP contribution < -0.4 is 5.32 Å². The number of hydrogen-bond donors (Lipinski definition) is 2. The van der Waals surface area contributed by atoms with Crippen LogP contribution in [-0.2, 0) is 13.6 Å². The summed E-state index contributed by atoms with van der Waals surface area (Å²) in [5, 5.41) is 16.6. The fraction of sp³-hybridized carbons (Fsp3) is 0.667. The highest BCUT2D eigenvalue weighted by molar-refractivity contribution is 5.74. The van der Waals surface area contributed by atoms with Crippen molar-refractivity contribution in [2.24, 2.45) is 13.0 Å². The Morgan fingerprint density at radius 1 is 1.67 bits per heavy atom. The van der Waals surface area contributed by atoms with E-state index in [1.54, 1.807) is 15.8 Å². The van der Waals surface area contributed by atoms with Gasteiger partial charge in [-0.15, -0.1) is 0 Å². The van der Waals surface area contributed by atoms with Gasteiger partial charge in [0.15, 0.2) is 0 Å². The van der Waals surface area contributed by atoms with Gasteiger partial charge in [0.05, 0.1) is 12.3 Å². The lowest BCUT2D eigenvalue weighted by molar-refractivity contribution is 0.0435. The lowest BCUT2D eigenvalue weighted by Crippen LogP contribution is -2.49. The predicted octanol–water partition coefficient (Wildman–Crippen LogP) is 0.332. The van der Waals surface area contributed by atoms with Gasteiger partial charge < -0.3 is 15.3 Å². The van der Waals surface area contributed by atoms with Crippen LogP contribution in [0.2, 0.25) is 0 Å². The predicted molar refractivity (Wildman–Crippen MR) is 66.8 cm³/mol. The number of aliphatic hydroxyl groups is 1. The minimum Gasteiger partial charge on any atom is -0.391 e. The Kier molecular flexibility index (Phi) is 3.86. The van der Waals surface area contributed by atoms with Crippen LogP contribution in [0.1, 0.15) is 18.9 Å². The summed E-state index contributed by atoms with van der Waals surface area (Å²) in [4.78, 5) is 13.6. The van der Waals surface area contributed by atoms with Crippen molar-refractivity contribution >= 4 is 6.03 Å². The van der Waals surface area contributed by atoms with Crippen LogP contribution >= 0.6 is 0 Å². The molecule has 0 aliphatic carbocycles. The van der Waals surface area contributed by atoms with Crippen LogP contribution in [0.15, 0.2) is 12.4 Å². The summed E-state index contributed by atoms with van der Waals surface area (Å²) >= 11 is 0. The molecule has 6 heteroatoms. The molecule has 6 nitrogen and oxygen atoms in total. The number of aryl methyl sites for hydroxylation is 1. The van der Waals surface area contributed by atoms with E-state index in [0.717, 1.165) is 12.0 Å². The van der Waals surface area contributed by atoms with Gasteiger partial charge in [0.25, 0.3) is 0 Å². The lowest BCUT2D eigenvalue weighted by atomic mass is 9.96. The Bertz CT molecular complexity index is 418. The van der Waals surface area contributed by atoms with Gasteiger partial charge in [-0.05, 0) is 12.3 Å². The second kappa shape index (κ2) is 5.39. The van der Waals surface area contributed by atoms with Crippen molar-refractivity contribution in [1.29, 1.82) is 0 Å². The van der Waals surface area contributed by atoms with E-state index in [2.05, 4.69) is 10.4 Å². The fourth-order valence-corrected chi connectivity index (χ4v) is 2.09. The third kappa shape index (κ3) is 3.01. The first-order chi connectivity index (χ1) is 8.56. The molecule has 18 heavy (non-hydrogen) atoms. The van der Waals surface area contributed by atoms with Crippen molar-refractivity contribution in [3.63, 3.8) is 0 Å². The maximum Gasteiger partial charge on any atom is 0.317 e. The number of nitrogens with zero attached hydrogens (tertiary/aromatic N) is 3. The van der Waals surface area contributed by atoms with E-state index >= 15 is 0 Å². The number of β-amino-alcohol motifs (C(OH)–C–C–N with tert-alkyl or cyclic N) is 1. The molecule has 1 aliphatic heterocycles. The molecular formula is C12H20N4O2. The number of aliphatic hydroxyl groups excluding tert-OH is 1. The molecule has 1 aromatic heterocycles. The van der Waals surface area contributed by atoms with Crippen molar-refractivity contribution in [2.75, 3.05) is 13.1 Å². The zero-order valence-corrected chi connectivity index (χ0v) is 10.8. The largest absolute Gasteiger partial charge is 0.391 e. The highest BCUT2D eigenvalue weighted by Crippen LogP contribution is 2.16. The molecule has 0 bridgehead atoms. The Hall–Kier alpha value is -1.56. The normalized spacial score (nSPS) is 24.1. The van der Waals surface area contributed by atoms with Gasteiger partial charge in [-0.25, -0.2) is 4.79 Å². The van der Waals surface area contributed by atoms with E-state index in [9.17, 15) is 9.90 Å². The molecule has 2 rings (SSSR count). The number of rotatable bonds is 2. The van der Waals surface area contributed by atoms with Gasteiger partial charge in [0, 0.05) is 38.4 Å². The second-order valence-corrected chi connectivity index (χ2v) is 4.96. The Morgan fingerprint density at radius 3 is 3.06 bits per heavy atom. The quantitative estimate of drug-likeness (QED) is 0.797. The maximum atomic E-state index is 11.9. The van der Waals surface area contributed by atoms with Crippen LogP contribution in [0.25, 0.3) is 0 Å². The van der Waals surface area contributed by atoms with Crippen LogP contribution in [-0.4, -0.2) is 45.0 Å². The van der Waals surface area contributed by atoms with E-state index in [1.165, 1.54) is 0 Å². The Labute approximate surface area is 107 Å². The molecule has 1 saturated heterocycles. The van der Waals surface area contributed by atoms with E-state index in [-0.39, 0.29) is 11.9 Å². The number of hydrogen-bond acceptors (Lipinski definition) is 3.